The third kappa shape index (κ3) is 272. The fourth-order valence-corrected chi connectivity index (χ4v) is 0. The van der Waals surface area contributed by atoms with Crippen LogP contribution in [0.15, 0.2) is 0 Å². The predicted molar refractivity (Wildman–Crippen MR) is 62.5 cm³/mol. The van der Waals surface area contributed by atoms with Crippen molar-refractivity contribution in [1.29, 1.82) is 0 Å². The van der Waals surface area contributed by atoms with E-state index < -0.39 is 20.8 Å². The van der Waals surface area contributed by atoms with Gasteiger partial charge < -0.3 is 0 Å². The van der Waals surface area contributed by atoms with E-state index >= 15 is 0 Å². The first-order chi connectivity index (χ1) is 4.00. The fraction of sp³-hybridized carbons (Fsp3) is 0. The minimum absolute atomic E-state index is 0. The molecule has 0 aliphatic rings. The third-order valence-corrected chi connectivity index (χ3v) is 0. The Morgan fingerprint density at radius 3 is 0.643 bits per heavy atom. The van der Waals surface area contributed by atoms with E-state index in [1.807, 2.05) is 0 Å². The molecule has 0 heterocycles. The van der Waals surface area contributed by atoms with Crippen molar-refractivity contribution in [3.8, 4) is 0 Å². The van der Waals surface area contributed by atoms with Crippen molar-refractivity contribution in [1.82, 2.24) is 0 Å². The van der Waals surface area contributed by atoms with Gasteiger partial charge in [-0.05, 0) is 0 Å². The average Bonchev–Trinajstić information content (AvgIpc) is 1.12. The SMILES string of the molecule is O=S(=O)(O)O.O=S(=O)(O)O.[AlH3].[AlH3].[KH].[NaH]. The molecule has 0 bridgehead atoms. The van der Waals surface area contributed by atoms with E-state index in [4.69, 9.17) is 35.0 Å². The molecule has 14 heavy (non-hydrogen) atoms. The first kappa shape index (κ1) is 36.0. The summed E-state index contributed by atoms with van der Waals surface area (Å²) in [5.74, 6) is 0. The van der Waals surface area contributed by atoms with Gasteiger partial charge in [0.15, 0.2) is 34.7 Å². The van der Waals surface area contributed by atoms with Gasteiger partial charge in [-0.15, -0.1) is 0 Å². The molecule has 0 spiro atoms. The monoisotopic (exact) mass is 320 g/mol. The second-order valence-electron chi connectivity index (χ2n) is 0.896. The quantitative estimate of drug-likeness (QED) is 0.256. The van der Waals surface area contributed by atoms with Crippen LogP contribution in [-0.4, -0.2) is 151 Å². The molecule has 0 unspecified atom stereocenters. The summed E-state index contributed by atoms with van der Waals surface area (Å²) in [6, 6.07) is 0. The fourth-order valence-electron chi connectivity index (χ4n) is 0. The molecule has 0 saturated heterocycles. The molecule has 0 aromatic heterocycles. The van der Waals surface area contributed by atoms with Gasteiger partial charge in [0.2, 0.25) is 0 Å². The average molecular weight is 320 g/mol. The number of hydrogen-bond acceptors (Lipinski definition) is 4. The molecule has 8 nitrogen and oxygen atoms in total. The first-order valence-electron chi connectivity index (χ1n) is 1.40. The van der Waals surface area contributed by atoms with Gasteiger partial charge in [0, 0.05) is 0 Å². The van der Waals surface area contributed by atoms with Crippen LogP contribution in [0.4, 0.5) is 0 Å². The Bertz CT molecular complexity index is 222. The van der Waals surface area contributed by atoms with E-state index in [0.29, 0.717) is 0 Å². The topological polar surface area (TPSA) is 149 Å². The van der Waals surface area contributed by atoms with Gasteiger partial charge in [-0.25, -0.2) is 0 Å². The second kappa shape index (κ2) is 16.4. The minimum atomic E-state index is -4.67. The molecule has 0 radical (unpaired) electrons. The third-order valence-electron chi connectivity index (χ3n) is 0. The molecule has 14 heteroatoms. The number of hydrogen-bond donors (Lipinski definition) is 4. The van der Waals surface area contributed by atoms with Crippen molar-refractivity contribution in [2.45, 2.75) is 0 Å². The van der Waals surface area contributed by atoms with E-state index in [2.05, 4.69) is 0 Å². The molecule has 0 aliphatic heterocycles. The van der Waals surface area contributed by atoms with E-state index in [-0.39, 0.29) is 116 Å². The van der Waals surface area contributed by atoms with Gasteiger partial charge >= 0.3 is 102 Å². The Labute approximate surface area is 168 Å². The van der Waals surface area contributed by atoms with Gasteiger partial charge in [0.05, 0.1) is 0 Å². The number of rotatable bonds is 0. The van der Waals surface area contributed by atoms with Crippen LogP contribution in [0.2, 0.25) is 0 Å². The summed E-state index contributed by atoms with van der Waals surface area (Å²) in [6.07, 6.45) is 0. The van der Waals surface area contributed by atoms with Crippen molar-refractivity contribution in [3.63, 3.8) is 0 Å². The molecule has 4 N–H and O–H groups in total. The Morgan fingerprint density at radius 2 is 0.643 bits per heavy atom. The summed E-state index contributed by atoms with van der Waals surface area (Å²) in [5, 5.41) is 0. The molecule has 0 atom stereocenters. The molecule has 0 saturated carbocycles. The summed E-state index contributed by atoms with van der Waals surface area (Å²) < 4.78 is 63.2. The van der Waals surface area contributed by atoms with Crippen molar-refractivity contribution < 1.29 is 35.0 Å². The first-order valence-corrected chi connectivity index (χ1v) is 4.19. The zero-order chi connectivity index (χ0) is 9.00. The van der Waals surface area contributed by atoms with Crippen LogP contribution in [0.3, 0.4) is 0 Å². The Hall–Kier alpha value is 3.44. The van der Waals surface area contributed by atoms with Crippen LogP contribution in [0.1, 0.15) is 0 Å². The van der Waals surface area contributed by atoms with Gasteiger partial charge in [0.25, 0.3) is 0 Å². The van der Waals surface area contributed by atoms with Gasteiger partial charge in [0.1, 0.15) is 0 Å². The molecule has 0 rings (SSSR count). The zero-order valence-corrected chi connectivity index (χ0v) is 5.87. The molecule has 0 amide bonds. The van der Waals surface area contributed by atoms with Crippen molar-refractivity contribution in [2.24, 2.45) is 0 Å². The predicted octanol–water partition coefficient (Wildman–Crippen LogP) is -4.97. The molecule has 0 aromatic carbocycles. The summed E-state index contributed by atoms with van der Waals surface area (Å²) in [7, 11) is -9.33. The zero-order valence-electron chi connectivity index (χ0n) is 4.24. The second-order valence-corrected chi connectivity index (χ2v) is 2.69. The standard InChI is InChI=1S/2Al.K.Na.2H2O4S.8H/c;;;;2*1-5(2,3)4;;;;;;;;/h;;;;2*(H2,1,2,3,4);;;;;;;;. The Morgan fingerprint density at radius 1 is 0.643 bits per heavy atom. The van der Waals surface area contributed by atoms with E-state index in [1.54, 1.807) is 0 Å². The Kier molecular flexibility index (Phi) is 42.3. The van der Waals surface area contributed by atoms with Crippen LogP contribution in [0.25, 0.3) is 0 Å². The van der Waals surface area contributed by atoms with Crippen LogP contribution in [0, 0.1) is 0 Å². The molecule has 0 aromatic rings. The van der Waals surface area contributed by atoms with Gasteiger partial charge in [-0.1, -0.05) is 0 Å². The van der Waals surface area contributed by atoms with Crippen molar-refractivity contribution in [3.05, 3.63) is 0 Å². The maximum atomic E-state index is 8.74. The van der Waals surface area contributed by atoms with Gasteiger partial charge in [-0.2, -0.15) is 16.8 Å². The molecular weight excluding hydrogens is 308 g/mol. The summed E-state index contributed by atoms with van der Waals surface area (Å²) in [5.41, 5.74) is 0. The summed E-state index contributed by atoms with van der Waals surface area (Å²) in [4.78, 5) is 0. The summed E-state index contributed by atoms with van der Waals surface area (Å²) >= 11 is 0. The van der Waals surface area contributed by atoms with Crippen LogP contribution < -0.4 is 0 Å². The molecule has 80 valence electrons. The molecule has 0 fully saturated rings. The van der Waals surface area contributed by atoms with Crippen LogP contribution >= 0.6 is 0 Å². The van der Waals surface area contributed by atoms with Crippen molar-refractivity contribution >= 4 is 136 Å². The van der Waals surface area contributed by atoms with Crippen LogP contribution in [-0.2, 0) is 20.8 Å². The summed E-state index contributed by atoms with van der Waals surface area (Å²) in [6.45, 7) is 0. The van der Waals surface area contributed by atoms with E-state index in [9.17, 15) is 0 Å². The van der Waals surface area contributed by atoms with Crippen molar-refractivity contribution in [2.75, 3.05) is 0 Å². The normalized spacial score (nSPS) is 8.29. The Balaban J connectivity index is -0.0000000178. The van der Waals surface area contributed by atoms with E-state index in [0.717, 1.165) is 0 Å². The molecular formula is H12Al2KNaO8S2. The molecule has 0 aliphatic carbocycles. The van der Waals surface area contributed by atoms with Gasteiger partial charge in [-0.3, -0.25) is 18.2 Å². The van der Waals surface area contributed by atoms with E-state index in [1.165, 1.54) is 0 Å². The maximum absolute atomic E-state index is 8.74. The van der Waals surface area contributed by atoms with Crippen LogP contribution in [0.5, 0.6) is 0 Å².